The molecule has 0 saturated carbocycles. The lowest BCUT2D eigenvalue weighted by atomic mass is 10.2. The Labute approximate surface area is 67.4 Å². The second-order valence-electron chi connectivity index (χ2n) is 1.57. The standard InChI is InChI=1S/C4H6O6.CH3N/c5-1(3(7)8)2(6)4(9)10;1-2/h1-2,5-6H,(H,7,8)(H,9,10);2H,1H2/t1-,2-;/m1./s1. The van der Waals surface area contributed by atoms with Crippen LogP contribution in [0.15, 0.2) is 0 Å². The monoisotopic (exact) mass is 179 g/mol. The molecule has 0 spiro atoms. The first-order chi connectivity index (χ1) is 5.46. The van der Waals surface area contributed by atoms with E-state index in [1.807, 2.05) is 0 Å². The minimum Gasteiger partial charge on any atom is -0.479 e. The van der Waals surface area contributed by atoms with Crippen molar-refractivity contribution >= 4 is 18.7 Å². The van der Waals surface area contributed by atoms with Gasteiger partial charge in [0.05, 0.1) is 0 Å². The second-order valence-corrected chi connectivity index (χ2v) is 1.57. The van der Waals surface area contributed by atoms with Gasteiger partial charge in [-0.3, -0.25) is 0 Å². The van der Waals surface area contributed by atoms with E-state index >= 15 is 0 Å². The Kier molecular flexibility index (Phi) is 6.85. The van der Waals surface area contributed by atoms with Crippen molar-refractivity contribution in [2.45, 2.75) is 12.2 Å². The number of hydrogen-bond acceptors (Lipinski definition) is 5. The molecule has 0 rings (SSSR count). The molecule has 0 fully saturated rings. The lowest BCUT2D eigenvalue weighted by Crippen LogP contribution is -2.39. The number of nitrogens with one attached hydrogen (secondary N) is 1. The van der Waals surface area contributed by atoms with Crippen LogP contribution in [-0.2, 0) is 9.59 Å². The van der Waals surface area contributed by atoms with Crippen LogP contribution in [0, 0.1) is 5.41 Å². The van der Waals surface area contributed by atoms with E-state index < -0.39 is 24.1 Å². The Morgan fingerprint density at radius 3 is 1.25 bits per heavy atom. The first kappa shape index (κ1) is 13.1. The third-order valence-corrected chi connectivity index (χ3v) is 0.805. The number of hydrogen-bond donors (Lipinski definition) is 5. The van der Waals surface area contributed by atoms with Gasteiger partial charge in [-0.1, -0.05) is 0 Å². The third-order valence-electron chi connectivity index (χ3n) is 0.805. The van der Waals surface area contributed by atoms with Crippen molar-refractivity contribution < 1.29 is 30.0 Å². The molecule has 0 aliphatic rings. The average molecular weight is 179 g/mol. The van der Waals surface area contributed by atoms with E-state index in [1.165, 1.54) is 0 Å². The molecule has 5 N–H and O–H groups in total. The van der Waals surface area contributed by atoms with Gasteiger partial charge >= 0.3 is 11.9 Å². The molecule has 0 saturated heterocycles. The molecule has 0 aliphatic heterocycles. The van der Waals surface area contributed by atoms with E-state index in [2.05, 4.69) is 6.72 Å². The molecule has 0 unspecified atom stereocenters. The van der Waals surface area contributed by atoms with Crippen molar-refractivity contribution in [3.63, 3.8) is 0 Å². The number of aliphatic hydroxyl groups excluding tert-OH is 2. The van der Waals surface area contributed by atoms with Crippen LogP contribution in [0.2, 0.25) is 0 Å². The van der Waals surface area contributed by atoms with E-state index in [0.717, 1.165) is 0 Å². The predicted octanol–water partition coefficient (Wildman–Crippen LogP) is -1.86. The summed E-state index contributed by atoms with van der Waals surface area (Å²) in [5.41, 5.74) is 0. The molecule has 12 heavy (non-hydrogen) atoms. The van der Waals surface area contributed by atoms with Crippen molar-refractivity contribution in [2.24, 2.45) is 0 Å². The maximum atomic E-state index is 9.77. The predicted molar refractivity (Wildman–Crippen MR) is 37.1 cm³/mol. The summed E-state index contributed by atoms with van der Waals surface area (Å²) in [6, 6.07) is 0. The highest BCUT2D eigenvalue weighted by Crippen LogP contribution is 1.92. The van der Waals surface area contributed by atoms with E-state index in [9.17, 15) is 9.59 Å². The number of carbonyl (C=O) groups is 2. The van der Waals surface area contributed by atoms with Crippen LogP contribution >= 0.6 is 0 Å². The summed E-state index contributed by atoms with van der Waals surface area (Å²) in [6.45, 7) is 2.50. The van der Waals surface area contributed by atoms with Gasteiger partial charge in [-0.15, -0.1) is 0 Å². The Morgan fingerprint density at radius 2 is 1.17 bits per heavy atom. The molecule has 0 aliphatic carbocycles. The minimum atomic E-state index is -2.27. The molecule has 0 aromatic rings. The summed E-state index contributed by atoms with van der Waals surface area (Å²) in [5.74, 6) is -3.54. The van der Waals surface area contributed by atoms with Gasteiger partial charge in [0.1, 0.15) is 0 Å². The smallest absolute Gasteiger partial charge is 0.335 e. The van der Waals surface area contributed by atoms with Gasteiger partial charge < -0.3 is 25.8 Å². The summed E-state index contributed by atoms with van der Waals surface area (Å²) in [5, 5.41) is 38.0. The van der Waals surface area contributed by atoms with Crippen LogP contribution in [0.3, 0.4) is 0 Å². The van der Waals surface area contributed by atoms with Crippen LogP contribution in [-0.4, -0.2) is 51.3 Å². The van der Waals surface area contributed by atoms with E-state index in [0.29, 0.717) is 0 Å². The molecule has 7 nitrogen and oxygen atoms in total. The van der Waals surface area contributed by atoms with Crippen LogP contribution < -0.4 is 0 Å². The highest BCUT2D eigenvalue weighted by atomic mass is 16.4. The van der Waals surface area contributed by atoms with Crippen LogP contribution in [0.1, 0.15) is 0 Å². The number of aliphatic hydroxyl groups is 2. The van der Waals surface area contributed by atoms with Crippen LogP contribution in [0.5, 0.6) is 0 Å². The Balaban J connectivity index is 0. The summed E-state index contributed by atoms with van der Waals surface area (Å²) in [6.07, 6.45) is -4.53. The third kappa shape index (κ3) is 4.36. The van der Waals surface area contributed by atoms with Gasteiger partial charge in [-0.25, -0.2) is 9.59 Å². The van der Waals surface area contributed by atoms with Gasteiger partial charge in [0.25, 0.3) is 0 Å². The highest BCUT2D eigenvalue weighted by Gasteiger charge is 2.29. The van der Waals surface area contributed by atoms with E-state index in [4.69, 9.17) is 25.8 Å². The van der Waals surface area contributed by atoms with Crippen molar-refractivity contribution in [3.05, 3.63) is 0 Å². The highest BCUT2D eigenvalue weighted by molar-refractivity contribution is 5.82. The van der Waals surface area contributed by atoms with Crippen molar-refractivity contribution in [1.29, 1.82) is 5.41 Å². The number of aliphatic carboxylic acids is 2. The second kappa shape index (κ2) is 6.25. The maximum Gasteiger partial charge on any atom is 0.335 e. The van der Waals surface area contributed by atoms with Crippen molar-refractivity contribution in [3.8, 4) is 0 Å². The number of rotatable bonds is 3. The molecule has 70 valence electrons. The Morgan fingerprint density at radius 1 is 1.00 bits per heavy atom. The molecule has 0 aromatic carbocycles. The fourth-order valence-corrected chi connectivity index (χ4v) is 0.270. The maximum absolute atomic E-state index is 9.77. The molecular weight excluding hydrogens is 170 g/mol. The SMILES string of the molecule is C=N.O=C(O)[C@H](O)[C@@H](O)C(=O)O. The summed E-state index contributed by atoms with van der Waals surface area (Å²) in [7, 11) is 0. The molecule has 2 atom stereocenters. The molecule has 0 radical (unpaired) electrons. The van der Waals surface area contributed by atoms with Gasteiger partial charge in [0, 0.05) is 0 Å². The lowest BCUT2D eigenvalue weighted by Gasteiger charge is -2.07. The zero-order valence-corrected chi connectivity index (χ0v) is 5.97. The zero-order valence-electron chi connectivity index (χ0n) is 5.97. The molecule has 0 bridgehead atoms. The van der Waals surface area contributed by atoms with Gasteiger partial charge in [-0.2, -0.15) is 0 Å². The molecule has 0 amide bonds. The average Bonchev–Trinajstić information content (AvgIpc) is 2.05. The topological polar surface area (TPSA) is 139 Å². The van der Waals surface area contributed by atoms with Gasteiger partial charge in [0.2, 0.25) is 0 Å². The molecule has 7 heteroatoms. The van der Waals surface area contributed by atoms with Gasteiger partial charge in [-0.05, 0) is 6.72 Å². The summed E-state index contributed by atoms with van der Waals surface area (Å²) >= 11 is 0. The fourth-order valence-electron chi connectivity index (χ4n) is 0.270. The van der Waals surface area contributed by atoms with Crippen molar-refractivity contribution in [1.82, 2.24) is 0 Å². The molecule has 0 heterocycles. The quantitative estimate of drug-likeness (QED) is 0.322. The van der Waals surface area contributed by atoms with Crippen LogP contribution in [0.4, 0.5) is 0 Å². The first-order valence-corrected chi connectivity index (χ1v) is 2.64. The molecular formula is C5H9NO6. The Bertz CT molecular complexity index is 151. The zero-order chi connectivity index (χ0) is 10.3. The van der Waals surface area contributed by atoms with Crippen molar-refractivity contribution in [2.75, 3.05) is 0 Å². The van der Waals surface area contributed by atoms with E-state index in [1.54, 1.807) is 0 Å². The first-order valence-electron chi connectivity index (χ1n) is 2.64. The number of carboxylic acid groups (broad SMARTS) is 2. The van der Waals surface area contributed by atoms with Gasteiger partial charge in [0.15, 0.2) is 12.2 Å². The lowest BCUT2D eigenvalue weighted by molar-refractivity contribution is -0.165. The molecule has 0 aromatic heterocycles. The normalized spacial score (nSPS) is 13.5. The summed E-state index contributed by atoms with van der Waals surface area (Å²) in [4.78, 5) is 19.5. The van der Waals surface area contributed by atoms with Crippen LogP contribution in [0.25, 0.3) is 0 Å². The van der Waals surface area contributed by atoms with E-state index in [-0.39, 0.29) is 0 Å². The minimum absolute atomic E-state index is 1.77. The fraction of sp³-hybridized carbons (Fsp3) is 0.400. The number of carboxylic acids is 2. The largest absolute Gasteiger partial charge is 0.479 e. The summed E-state index contributed by atoms with van der Waals surface area (Å²) < 4.78 is 0. The Hall–Kier alpha value is -1.47.